The Balaban J connectivity index is 1.93. The molecule has 1 saturated heterocycles. The van der Waals surface area contributed by atoms with Crippen LogP contribution in [0.5, 0.6) is 0 Å². The van der Waals surface area contributed by atoms with Gasteiger partial charge in [-0.05, 0) is 12.5 Å². The lowest BCUT2D eigenvalue weighted by Crippen LogP contribution is -2.25. The Morgan fingerprint density at radius 1 is 1.25 bits per heavy atom. The monoisotopic (exact) mass is 220 g/mol. The van der Waals surface area contributed by atoms with Crippen molar-refractivity contribution in [3.8, 4) is 0 Å². The second-order valence-electron chi connectivity index (χ2n) is 4.22. The standard InChI is InChI=1S/C13H16O3/c1-9-10(2)16-13(14)12(9)15-8-11-6-4-3-5-7-11/h3-7,9-10,12H,8H2,1-2H3/t9-,10+,12+/m0/s1. The molecule has 1 fully saturated rings. The highest BCUT2D eigenvalue weighted by molar-refractivity contribution is 5.77. The summed E-state index contributed by atoms with van der Waals surface area (Å²) in [6, 6.07) is 9.83. The minimum absolute atomic E-state index is 0.0479. The number of carbonyl (C=O) groups is 1. The maximum atomic E-state index is 11.5. The molecule has 1 aliphatic rings. The van der Waals surface area contributed by atoms with Crippen molar-refractivity contribution in [2.45, 2.75) is 32.7 Å². The van der Waals surface area contributed by atoms with E-state index >= 15 is 0 Å². The Morgan fingerprint density at radius 3 is 2.50 bits per heavy atom. The predicted octanol–water partition coefficient (Wildman–Crippen LogP) is 2.15. The van der Waals surface area contributed by atoms with Crippen LogP contribution in [0, 0.1) is 5.92 Å². The first kappa shape index (κ1) is 11.1. The van der Waals surface area contributed by atoms with Gasteiger partial charge in [0.05, 0.1) is 6.61 Å². The highest BCUT2D eigenvalue weighted by atomic mass is 16.6. The van der Waals surface area contributed by atoms with Crippen molar-refractivity contribution >= 4 is 5.97 Å². The molecule has 1 aromatic rings. The van der Waals surface area contributed by atoms with E-state index in [4.69, 9.17) is 9.47 Å². The molecule has 0 amide bonds. The molecule has 0 saturated carbocycles. The van der Waals surface area contributed by atoms with E-state index in [2.05, 4.69) is 0 Å². The SMILES string of the molecule is C[C@H]1[C@@H](C)OC(=O)[C@@H]1OCc1ccccc1. The van der Waals surface area contributed by atoms with Crippen molar-refractivity contribution in [2.24, 2.45) is 5.92 Å². The van der Waals surface area contributed by atoms with Gasteiger partial charge in [-0.15, -0.1) is 0 Å². The minimum atomic E-state index is -0.421. The number of carbonyl (C=O) groups excluding carboxylic acids is 1. The molecule has 86 valence electrons. The van der Waals surface area contributed by atoms with E-state index in [1.165, 1.54) is 0 Å². The minimum Gasteiger partial charge on any atom is -0.460 e. The molecule has 3 heteroatoms. The first-order valence-corrected chi connectivity index (χ1v) is 5.54. The maximum Gasteiger partial charge on any atom is 0.335 e. The van der Waals surface area contributed by atoms with Gasteiger partial charge in [0, 0.05) is 5.92 Å². The highest BCUT2D eigenvalue weighted by Gasteiger charge is 2.40. The third-order valence-corrected chi connectivity index (χ3v) is 3.02. The van der Waals surface area contributed by atoms with Crippen LogP contribution in [0.2, 0.25) is 0 Å². The first-order chi connectivity index (χ1) is 7.68. The average Bonchev–Trinajstić information content (AvgIpc) is 2.53. The van der Waals surface area contributed by atoms with Crippen molar-refractivity contribution in [3.63, 3.8) is 0 Å². The Labute approximate surface area is 95.4 Å². The quantitative estimate of drug-likeness (QED) is 0.732. The molecular formula is C13H16O3. The molecule has 3 atom stereocenters. The molecule has 0 bridgehead atoms. The molecule has 0 aromatic heterocycles. The third-order valence-electron chi connectivity index (χ3n) is 3.02. The Kier molecular flexibility index (Phi) is 3.25. The number of esters is 1. The van der Waals surface area contributed by atoms with Gasteiger partial charge >= 0.3 is 5.97 Å². The zero-order valence-corrected chi connectivity index (χ0v) is 9.55. The molecule has 2 rings (SSSR count). The van der Waals surface area contributed by atoms with E-state index in [-0.39, 0.29) is 18.0 Å². The number of cyclic esters (lactones) is 1. The van der Waals surface area contributed by atoms with Gasteiger partial charge in [0.2, 0.25) is 0 Å². The van der Waals surface area contributed by atoms with Crippen LogP contribution in [-0.4, -0.2) is 18.2 Å². The fraction of sp³-hybridized carbons (Fsp3) is 0.462. The van der Waals surface area contributed by atoms with Crippen LogP contribution in [0.3, 0.4) is 0 Å². The second kappa shape index (κ2) is 4.66. The molecule has 0 N–H and O–H groups in total. The molecule has 1 aliphatic heterocycles. The van der Waals surface area contributed by atoms with E-state index in [1.807, 2.05) is 44.2 Å². The van der Waals surface area contributed by atoms with Gasteiger partial charge in [0.1, 0.15) is 6.10 Å². The molecule has 0 radical (unpaired) electrons. The van der Waals surface area contributed by atoms with Crippen LogP contribution < -0.4 is 0 Å². The number of hydrogen-bond acceptors (Lipinski definition) is 3. The summed E-state index contributed by atoms with van der Waals surface area (Å²) in [4.78, 5) is 11.5. The summed E-state index contributed by atoms with van der Waals surface area (Å²) in [5, 5.41) is 0. The van der Waals surface area contributed by atoms with Crippen molar-refractivity contribution in [1.82, 2.24) is 0 Å². The van der Waals surface area contributed by atoms with Gasteiger partial charge in [-0.2, -0.15) is 0 Å². The van der Waals surface area contributed by atoms with E-state index in [0.717, 1.165) is 5.56 Å². The van der Waals surface area contributed by atoms with Crippen LogP contribution >= 0.6 is 0 Å². The topological polar surface area (TPSA) is 35.5 Å². The molecule has 0 spiro atoms. The summed E-state index contributed by atoms with van der Waals surface area (Å²) in [5.41, 5.74) is 1.07. The van der Waals surface area contributed by atoms with Crippen LogP contribution in [-0.2, 0) is 20.9 Å². The third kappa shape index (κ3) is 2.25. The summed E-state index contributed by atoms with van der Waals surface area (Å²) >= 11 is 0. The Hall–Kier alpha value is -1.35. The van der Waals surface area contributed by atoms with Crippen molar-refractivity contribution in [1.29, 1.82) is 0 Å². The largest absolute Gasteiger partial charge is 0.460 e. The van der Waals surface area contributed by atoms with Gasteiger partial charge < -0.3 is 9.47 Å². The maximum absolute atomic E-state index is 11.5. The molecule has 0 aliphatic carbocycles. The normalized spacial score (nSPS) is 29.1. The fourth-order valence-electron chi connectivity index (χ4n) is 1.80. The summed E-state index contributed by atoms with van der Waals surface area (Å²) < 4.78 is 10.7. The molecule has 3 nitrogen and oxygen atoms in total. The number of benzene rings is 1. The van der Waals surface area contributed by atoms with Crippen LogP contribution in [0.25, 0.3) is 0 Å². The summed E-state index contributed by atoms with van der Waals surface area (Å²) in [6.45, 7) is 4.33. The zero-order chi connectivity index (χ0) is 11.5. The van der Waals surface area contributed by atoms with Crippen LogP contribution in [0.1, 0.15) is 19.4 Å². The Bertz CT molecular complexity index is 361. The Morgan fingerprint density at radius 2 is 1.94 bits per heavy atom. The highest BCUT2D eigenvalue weighted by Crippen LogP contribution is 2.25. The van der Waals surface area contributed by atoms with E-state index in [9.17, 15) is 4.79 Å². The number of rotatable bonds is 3. The number of ether oxygens (including phenoxy) is 2. The second-order valence-corrected chi connectivity index (χ2v) is 4.22. The summed E-state index contributed by atoms with van der Waals surface area (Å²) in [5.74, 6) is -0.118. The first-order valence-electron chi connectivity index (χ1n) is 5.54. The van der Waals surface area contributed by atoms with Crippen molar-refractivity contribution in [2.75, 3.05) is 0 Å². The van der Waals surface area contributed by atoms with Gasteiger partial charge in [0.25, 0.3) is 0 Å². The number of hydrogen-bond donors (Lipinski definition) is 0. The lowest BCUT2D eigenvalue weighted by molar-refractivity contribution is -0.150. The van der Waals surface area contributed by atoms with E-state index in [0.29, 0.717) is 6.61 Å². The van der Waals surface area contributed by atoms with Gasteiger partial charge in [0.15, 0.2) is 6.10 Å². The van der Waals surface area contributed by atoms with Crippen molar-refractivity contribution < 1.29 is 14.3 Å². The van der Waals surface area contributed by atoms with Gasteiger partial charge in [-0.3, -0.25) is 0 Å². The lowest BCUT2D eigenvalue weighted by Gasteiger charge is -2.13. The summed E-state index contributed by atoms with van der Waals surface area (Å²) in [7, 11) is 0. The molecular weight excluding hydrogens is 204 g/mol. The van der Waals surface area contributed by atoms with Gasteiger partial charge in [-0.1, -0.05) is 37.3 Å². The predicted molar refractivity (Wildman–Crippen MR) is 59.7 cm³/mol. The van der Waals surface area contributed by atoms with Gasteiger partial charge in [-0.25, -0.2) is 4.79 Å². The summed E-state index contributed by atoms with van der Waals surface area (Å²) in [6.07, 6.45) is -0.469. The lowest BCUT2D eigenvalue weighted by atomic mass is 10.0. The molecule has 16 heavy (non-hydrogen) atoms. The van der Waals surface area contributed by atoms with Crippen LogP contribution in [0.15, 0.2) is 30.3 Å². The zero-order valence-electron chi connectivity index (χ0n) is 9.55. The molecule has 0 unspecified atom stereocenters. The molecule has 1 aromatic carbocycles. The van der Waals surface area contributed by atoms with Crippen molar-refractivity contribution in [3.05, 3.63) is 35.9 Å². The average molecular weight is 220 g/mol. The van der Waals surface area contributed by atoms with E-state index < -0.39 is 6.10 Å². The van der Waals surface area contributed by atoms with Crippen LogP contribution in [0.4, 0.5) is 0 Å². The van der Waals surface area contributed by atoms with E-state index in [1.54, 1.807) is 0 Å². The smallest absolute Gasteiger partial charge is 0.335 e. The fourth-order valence-corrected chi connectivity index (χ4v) is 1.80. The molecule has 1 heterocycles.